The van der Waals surface area contributed by atoms with Crippen molar-refractivity contribution in [1.82, 2.24) is 0 Å². The lowest BCUT2D eigenvalue weighted by Crippen LogP contribution is -2.30. The van der Waals surface area contributed by atoms with Crippen LogP contribution in [0.25, 0.3) is 0 Å². The van der Waals surface area contributed by atoms with Gasteiger partial charge in [0, 0.05) is 19.3 Å². The third-order valence-electron chi connectivity index (χ3n) is 14.2. The maximum absolute atomic E-state index is 12.9. The molecule has 0 saturated carbocycles. The molecule has 80 heavy (non-hydrogen) atoms. The Morgan fingerprint density at radius 1 is 0.263 bits per heavy atom. The van der Waals surface area contributed by atoms with Gasteiger partial charge in [-0.25, -0.2) is 0 Å². The molecule has 0 aliphatic heterocycles. The van der Waals surface area contributed by atoms with Crippen LogP contribution in [0.5, 0.6) is 0 Å². The molecule has 0 amide bonds. The fourth-order valence-corrected chi connectivity index (χ4v) is 9.16. The molecule has 6 heteroatoms. The van der Waals surface area contributed by atoms with Crippen molar-refractivity contribution < 1.29 is 28.6 Å². The maximum atomic E-state index is 12.9. The van der Waals surface area contributed by atoms with Gasteiger partial charge in [-0.05, 0) is 128 Å². The summed E-state index contributed by atoms with van der Waals surface area (Å²) >= 11 is 0. The van der Waals surface area contributed by atoms with E-state index < -0.39 is 6.10 Å². The highest BCUT2D eigenvalue weighted by molar-refractivity contribution is 5.71. The van der Waals surface area contributed by atoms with E-state index in [1.807, 2.05) is 0 Å². The summed E-state index contributed by atoms with van der Waals surface area (Å²) in [7, 11) is 0. The molecule has 0 aliphatic carbocycles. The number of hydrogen-bond donors (Lipinski definition) is 0. The second-order valence-electron chi connectivity index (χ2n) is 22.0. The summed E-state index contributed by atoms with van der Waals surface area (Å²) in [6.45, 7) is 6.46. The van der Waals surface area contributed by atoms with Crippen LogP contribution in [0.2, 0.25) is 0 Å². The van der Waals surface area contributed by atoms with Gasteiger partial charge in [-0.15, -0.1) is 0 Å². The van der Waals surface area contributed by atoms with E-state index in [0.29, 0.717) is 19.3 Å². The molecule has 0 aliphatic rings. The van der Waals surface area contributed by atoms with Crippen LogP contribution in [0.1, 0.15) is 310 Å². The van der Waals surface area contributed by atoms with Gasteiger partial charge in [-0.1, -0.05) is 284 Å². The second-order valence-corrected chi connectivity index (χ2v) is 22.0. The van der Waals surface area contributed by atoms with Crippen molar-refractivity contribution in [1.29, 1.82) is 0 Å². The fourth-order valence-electron chi connectivity index (χ4n) is 9.16. The molecular formula is C74H124O6. The largest absolute Gasteiger partial charge is 0.462 e. The summed E-state index contributed by atoms with van der Waals surface area (Å²) in [5.74, 6) is -0.910. The van der Waals surface area contributed by atoms with Crippen LogP contribution in [-0.4, -0.2) is 37.2 Å². The van der Waals surface area contributed by atoms with Crippen molar-refractivity contribution in [3.8, 4) is 0 Å². The molecule has 0 rings (SSSR count). The van der Waals surface area contributed by atoms with Gasteiger partial charge in [0.25, 0.3) is 0 Å². The third-order valence-corrected chi connectivity index (χ3v) is 14.2. The highest BCUT2D eigenvalue weighted by Gasteiger charge is 2.19. The average molecular weight is 1110 g/mol. The summed E-state index contributed by atoms with van der Waals surface area (Å²) in [4.78, 5) is 38.3. The molecule has 0 N–H and O–H groups in total. The first-order valence-electron chi connectivity index (χ1n) is 33.5. The van der Waals surface area contributed by atoms with Crippen molar-refractivity contribution in [3.63, 3.8) is 0 Å². The first kappa shape index (κ1) is 75.8. The Morgan fingerprint density at radius 3 is 0.825 bits per heavy atom. The smallest absolute Gasteiger partial charge is 0.306 e. The van der Waals surface area contributed by atoms with Crippen molar-refractivity contribution in [3.05, 3.63) is 122 Å². The van der Waals surface area contributed by atoms with Gasteiger partial charge in [-0.2, -0.15) is 0 Å². The summed E-state index contributed by atoms with van der Waals surface area (Å²) < 4.78 is 16.9. The number of unbranched alkanes of at least 4 members (excludes halogenated alkanes) is 29. The van der Waals surface area contributed by atoms with Crippen LogP contribution in [0.3, 0.4) is 0 Å². The van der Waals surface area contributed by atoms with Crippen LogP contribution in [-0.2, 0) is 28.6 Å². The van der Waals surface area contributed by atoms with Crippen molar-refractivity contribution in [2.75, 3.05) is 13.2 Å². The van der Waals surface area contributed by atoms with E-state index in [4.69, 9.17) is 14.2 Å². The summed E-state index contributed by atoms with van der Waals surface area (Å²) in [6, 6.07) is 0. The fraction of sp³-hybridized carbons (Fsp3) is 0.689. The van der Waals surface area contributed by atoms with E-state index >= 15 is 0 Å². The van der Waals surface area contributed by atoms with Gasteiger partial charge in [0.2, 0.25) is 0 Å². The number of ether oxygens (including phenoxy) is 3. The topological polar surface area (TPSA) is 78.9 Å². The Kier molecular flexibility index (Phi) is 63.8. The van der Waals surface area contributed by atoms with Crippen LogP contribution < -0.4 is 0 Å². The van der Waals surface area contributed by atoms with Gasteiger partial charge in [0.15, 0.2) is 6.10 Å². The van der Waals surface area contributed by atoms with Gasteiger partial charge < -0.3 is 14.2 Å². The molecule has 456 valence electrons. The molecule has 0 saturated heterocycles. The standard InChI is InChI=1S/C74H124O6/c1-4-7-10-13-16-19-22-24-26-28-30-32-33-34-35-36-37-38-39-40-41-43-44-46-48-50-52-55-58-61-64-67-73(76)79-70-71(69-78-72(75)66-63-60-57-54-21-18-15-12-9-6-3)80-74(77)68-65-62-59-56-53-51-49-47-45-42-31-29-27-25-23-20-17-14-11-8-5-2/h7,10,12,15-16,19,24,26,29-32,34-35,37-38,40-41,44,46,71H,4-6,8-9,11,13-14,17-18,20-23,25,27-28,33,36,39,42-43,45,47-70H2,1-3H3/b10-7-,15-12-,19-16-,26-24-,31-29-,32-30-,35-34-,38-37-,41-40-,46-44-. The Hall–Kier alpha value is -4.19. The SMILES string of the molecule is CC/C=C\C/C=C\C/C=C\C/C=C\C/C=C\C/C=C\C/C=C\C/C=C\CCCCCCCCC(=O)OCC(COC(=O)CCCCCCC/C=C\CCC)OC(=O)CCCCCCCCCCC/C=C\CCCCCCCCCC. The molecule has 0 bridgehead atoms. The van der Waals surface area contributed by atoms with Crippen molar-refractivity contribution in [2.24, 2.45) is 0 Å². The molecule has 0 radical (unpaired) electrons. The molecule has 0 aromatic heterocycles. The molecule has 1 atom stereocenters. The molecule has 0 heterocycles. The Labute approximate surface area is 494 Å². The van der Waals surface area contributed by atoms with E-state index in [9.17, 15) is 14.4 Å². The number of allylic oxidation sites excluding steroid dienone is 20. The second kappa shape index (κ2) is 67.3. The minimum atomic E-state index is -0.792. The van der Waals surface area contributed by atoms with E-state index in [-0.39, 0.29) is 31.1 Å². The number of carbonyl (C=O) groups is 3. The minimum Gasteiger partial charge on any atom is -0.462 e. The molecule has 6 nitrogen and oxygen atoms in total. The summed E-state index contributed by atoms with van der Waals surface area (Å²) in [5, 5.41) is 0. The lowest BCUT2D eigenvalue weighted by atomic mass is 10.1. The molecule has 0 aromatic carbocycles. The zero-order valence-corrected chi connectivity index (χ0v) is 52.3. The number of carbonyl (C=O) groups excluding carboxylic acids is 3. The van der Waals surface area contributed by atoms with Gasteiger partial charge in [0.05, 0.1) is 0 Å². The first-order chi connectivity index (χ1) is 39.5. The minimum absolute atomic E-state index is 0.0888. The average Bonchev–Trinajstić information content (AvgIpc) is 3.46. The quantitative estimate of drug-likeness (QED) is 0.0261. The highest BCUT2D eigenvalue weighted by atomic mass is 16.6. The molecular weight excluding hydrogens is 985 g/mol. The maximum Gasteiger partial charge on any atom is 0.306 e. The highest BCUT2D eigenvalue weighted by Crippen LogP contribution is 2.16. The number of esters is 3. The van der Waals surface area contributed by atoms with Crippen LogP contribution in [0.15, 0.2) is 122 Å². The van der Waals surface area contributed by atoms with Crippen LogP contribution in [0.4, 0.5) is 0 Å². The number of hydrogen-bond acceptors (Lipinski definition) is 6. The van der Waals surface area contributed by atoms with Crippen LogP contribution in [0, 0.1) is 0 Å². The van der Waals surface area contributed by atoms with E-state index in [1.165, 1.54) is 128 Å². The lowest BCUT2D eigenvalue weighted by Gasteiger charge is -2.18. The first-order valence-corrected chi connectivity index (χ1v) is 33.5. The van der Waals surface area contributed by atoms with Gasteiger partial charge in [-0.3, -0.25) is 14.4 Å². The van der Waals surface area contributed by atoms with Crippen molar-refractivity contribution in [2.45, 2.75) is 316 Å². The predicted octanol–water partition coefficient (Wildman–Crippen LogP) is 23.2. The van der Waals surface area contributed by atoms with E-state index in [1.54, 1.807) is 0 Å². The molecule has 0 spiro atoms. The summed E-state index contributed by atoms with van der Waals surface area (Å²) in [5.41, 5.74) is 0. The van der Waals surface area contributed by atoms with E-state index in [2.05, 4.69) is 142 Å². The monoisotopic (exact) mass is 1110 g/mol. The van der Waals surface area contributed by atoms with Gasteiger partial charge in [0.1, 0.15) is 13.2 Å². The lowest BCUT2D eigenvalue weighted by molar-refractivity contribution is -0.167. The van der Waals surface area contributed by atoms with Gasteiger partial charge >= 0.3 is 17.9 Å². The van der Waals surface area contributed by atoms with Crippen LogP contribution >= 0.6 is 0 Å². The normalized spacial score (nSPS) is 12.9. The predicted molar refractivity (Wildman–Crippen MR) is 348 cm³/mol. The molecule has 1 unspecified atom stereocenters. The Bertz CT molecular complexity index is 1650. The third kappa shape index (κ3) is 64.6. The Morgan fingerprint density at radius 2 is 0.512 bits per heavy atom. The van der Waals surface area contributed by atoms with Crippen molar-refractivity contribution >= 4 is 17.9 Å². The summed E-state index contributed by atoms with van der Waals surface area (Å²) in [6.07, 6.45) is 93.6. The molecule has 0 fully saturated rings. The molecule has 0 aromatic rings. The van der Waals surface area contributed by atoms with E-state index in [0.717, 1.165) is 141 Å². The zero-order chi connectivity index (χ0) is 57.8. The Balaban J connectivity index is 4.28. The zero-order valence-electron chi connectivity index (χ0n) is 52.3. The number of rotatable bonds is 60.